The maximum absolute atomic E-state index is 10.6. The van der Waals surface area contributed by atoms with E-state index in [1.54, 1.807) is 0 Å². The first kappa shape index (κ1) is 18.3. The van der Waals surface area contributed by atoms with E-state index in [-0.39, 0.29) is 28.9 Å². The zero-order valence-corrected chi connectivity index (χ0v) is 13.3. The number of halogens is 1. The number of hydrogen-bond acceptors (Lipinski definition) is 6. The van der Waals surface area contributed by atoms with Gasteiger partial charge in [0, 0.05) is 53.1 Å². The van der Waals surface area contributed by atoms with Crippen molar-refractivity contribution in [3.05, 3.63) is 0 Å². The largest absolute Gasteiger partial charge is 0.465 e. The molecule has 19 heavy (non-hydrogen) atoms. The molecular weight excluding hydrogens is 316 g/mol. The number of nitrogens with zero attached hydrogens (tertiary/aromatic N) is 2. The highest BCUT2D eigenvalue weighted by Gasteiger charge is 2.16. The van der Waals surface area contributed by atoms with E-state index in [4.69, 9.17) is 9.47 Å². The highest BCUT2D eigenvalue weighted by atomic mass is 79.9. The molecule has 0 unspecified atom stereocenters. The summed E-state index contributed by atoms with van der Waals surface area (Å²) in [6.45, 7) is 9.19. The number of carbonyl (C=O) groups is 2. The van der Waals surface area contributed by atoms with Gasteiger partial charge < -0.3 is 9.47 Å². The molecule has 7 heteroatoms. The second kappa shape index (κ2) is 10.2. The van der Waals surface area contributed by atoms with Crippen molar-refractivity contribution in [1.29, 1.82) is 0 Å². The third kappa shape index (κ3) is 8.96. The van der Waals surface area contributed by atoms with Gasteiger partial charge in [0.15, 0.2) is 0 Å². The fraction of sp³-hybridized carbons (Fsp3) is 0.833. The Kier molecular flexibility index (Phi) is 9.81. The van der Waals surface area contributed by atoms with Crippen molar-refractivity contribution in [2.75, 3.05) is 52.5 Å². The van der Waals surface area contributed by atoms with E-state index in [9.17, 15) is 9.59 Å². The molecule has 1 rings (SSSR count). The molecule has 0 spiro atoms. The zero-order valence-electron chi connectivity index (χ0n) is 11.6. The van der Waals surface area contributed by atoms with E-state index in [0.29, 0.717) is 13.2 Å². The summed E-state index contributed by atoms with van der Waals surface area (Å²) in [5.41, 5.74) is 0. The predicted octanol–water partition coefficient (Wildman–Crippen LogP) is 0.308. The molecule has 1 heterocycles. The number of carbonyl (C=O) groups excluding carboxylic acids is 2. The van der Waals surface area contributed by atoms with E-state index in [2.05, 4.69) is 9.80 Å². The lowest BCUT2D eigenvalue weighted by Gasteiger charge is -2.34. The molecule has 6 nitrogen and oxygen atoms in total. The minimum atomic E-state index is -0.227. The average Bonchev–Trinajstić information content (AvgIpc) is 2.30. The Bertz CT molecular complexity index is 253. The third-order valence-electron chi connectivity index (χ3n) is 2.89. The van der Waals surface area contributed by atoms with Crippen molar-refractivity contribution < 1.29 is 19.1 Å². The Labute approximate surface area is 124 Å². The minimum absolute atomic E-state index is 0. The van der Waals surface area contributed by atoms with Crippen LogP contribution in [0.2, 0.25) is 0 Å². The van der Waals surface area contributed by atoms with Gasteiger partial charge in [0.1, 0.15) is 13.2 Å². The van der Waals surface area contributed by atoms with Crippen molar-refractivity contribution in [1.82, 2.24) is 9.80 Å². The molecule has 0 amide bonds. The molecule has 1 aliphatic rings. The fourth-order valence-corrected chi connectivity index (χ4v) is 1.87. The number of rotatable bonds is 6. The van der Waals surface area contributed by atoms with E-state index < -0.39 is 0 Å². The molecule has 112 valence electrons. The lowest BCUT2D eigenvalue weighted by molar-refractivity contribution is -0.142. The van der Waals surface area contributed by atoms with Crippen LogP contribution in [0.1, 0.15) is 13.8 Å². The molecule has 0 radical (unpaired) electrons. The number of hydrogen-bond donors (Lipinski definition) is 0. The summed E-state index contributed by atoms with van der Waals surface area (Å²) in [5, 5.41) is 0. The van der Waals surface area contributed by atoms with Crippen LogP contribution in [0.25, 0.3) is 0 Å². The summed E-state index contributed by atoms with van der Waals surface area (Å²) in [4.78, 5) is 25.8. The van der Waals surface area contributed by atoms with Gasteiger partial charge in [-0.25, -0.2) is 0 Å². The van der Waals surface area contributed by atoms with Crippen LogP contribution in [0.5, 0.6) is 0 Å². The first-order chi connectivity index (χ1) is 8.58. The van der Waals surface area contributed by atoms with Gasteiger partial charge in [0.05, 0.1) is 0 Å². The molecular formula is C12H23BrN2O4. The quantitative estimate of drug-likeness (QED) is 0.649. The van der Waals surface area contributed by atoms with Gasteiger partial charge in [-0.15, -0.1) is 17.0 Å². The Balaban J connectivity index is 0.00000324. The van der Waals surface area contributed by atoms with Crippen molar-refractivity contribution in [3.63, 3.8) is 0 Å². The molecule has 1 fully saturated rings. The number of esters is 2. The molecule has 0 aromatic heterocycles. The SMILES string of the molecule is Br.CC(=O)OCCN1CCN(CCOC(C)=O)CC1. The fourth-order valence-electron chi connectivity index (χ4n) is 1.87. The topological polar surface area (TPSA) is 59.1 Å². The van der Waals surface area contributed by atoms with Crippen LogP contribution in [0.3, 0.4) is 0 Å². The van der Waals surface area contributed by atoms with Crippen molar-refractivity contribution in [3.8, 4) is 0 Å². The van der Waals surface area contributed by atoms with Crippen molar-refractivity contribution >= 4 is 28.9 Å². The molecule has 0 bridgehead atoms. The van der Waals surface area contributed by atoms with Gasteiger partial charge >= 0.3 is 11.9 Å². The molecule has 0 N–H and O–H groups in total. The maximum atomic E-state index is 10.6. The van der Waals surface area contributed by atoms with Gasteiger partial charge in [0.2, 0.25) is 0 Å². The Morgan fingerprint density at radius 1 is 0.842 bits per heavy atom. The summed E-state index contributed by atoms with van der Waals surface area (Å²) in [5.74, 6) is -0.454. The molecule has 0 saturated carbocycles. The van der Waals surface area contributed by atoms with E-state index >= 15 is 0 Å². The molecule has 0 aromatic carbocycles. The standard InChI is InChI=1S/C12H22N2O4.BrH/c1-11(15)17-9-7-13-3-5-14(6-4-13)8-10-18-12(2)16;/h3-10H2,1-2H3;1H. The van der Waals surface area contributed by atoms with E-state index in [1.165, 1.54) is 13.8 Å². The first-order valence-corrected chi connectivity index (χ1v) is 6.29. The third-order valence-corrected chi connectivity index (χ3v) is 2.89. The average molecular weight is 339 g/mol. The van der Waals surface area contributed by atoms with E-state index in [1.807, 2.05) is 0 Å². The van der Waals surface area contributed by atoms with Crippen LogP contribution < -0.4 is 0 Å². The van der Waals surface area contributed by atoms with Crippen LogP contribution in [0, 0.1) is 0 Å². The molecule has 1 saturated heterocycles. The predicted molar refractivity (Wildman–Crippen MR) is 76.5 cm³/mol. The Morgan fingerprint density at radius 2 is 1.16 bits per heavy atom. The number of ether oxygens (including phenoxy) is 2. The highest BCUT2D eigenvalue weighted by Crippen LogP contribution is 2.01. The van der Waals surface area contributed by atoms with Gasteiger partial charge in [-0.2, -0.15) is 0 Å². The maximum Gasteiger partial charge on any atom is 0.302 e. The van der Waals surface area contributed by atoms with Crippen LogP contribution in [-0.2, 0) is 19.1 Å². The summed E-state index contributed by atoms with van der Waals surface area (Å²) in [7, 11) is 0. The molecule has 0 aromatic rings. The van der Waals surface area contributed by atoms with Gasteiger partial charge in [-0.3, -0.25) is 19.4 Å². The van der Waals surface area contributed by atoms with Crippen molar-refractivity contribution in [2.24, 2.45) is 0 Å². The van der Waals surface area contributed by atoms with Gasteiger partial charge in [0.25, 0.3) is 0 Å². The second-order valence-corrected chi connectivity index (χ2v) is 4.36. The second-order valence-electron chi connectivity index (χ2n) is 4.36. The summed E-state index contributed by atoms with van der Waals surface area (Å²) < 4.78 is 9.82. The van der Waals surface area contributed by atoms with Gasteiger partial charge in [-0.05, 0) is 0 Å². The Morgan fingerprint density at radius 3 is 1.42 bits per heavy atom. The smallest absolute Gasteiger partial charge is 0.302 e. The summed E-state index contributed by atoms with van der Waals surface area (Å²) in [6.07, 6.45) is 0. The molecule has 1 aliphatic heterocycles. The lowest BCUT2D eigenvalue weighted by atomic mass is 10.3. The van der Waals surface area contributed by atoms with Crippen molar-refractivity contribution in [2.45, 2.75) is 13.8 Å². The Hall–Kier alpha value is -0.660. The molecule has 0 aliphatic carbocycles. The normalized spacial score (nSPS) is 16.5. The van der Waals surface area contributed by atoms with Crippen LogP contribution >= 0.6 is 17.0 Å². The van der Waals surface area contributed by atoms with Crippen LogP contribution in [-0.4, -0.2) is 74.2 Å². The van der Waals surface area contributed by atoms with Crippen LogP contribution in [0.4, 0.5) is 0 Å². The number of piperazine rings is 1. The highest BCUT2D eigenvalue weighted by molar-refractivity contribution is 8.93. The summed E-state index contributed by atoms with van der Waals surface area (Å²) >= 11 is 0. The van der Waals surface area contributed by atoms with Gasteiger partial charge in [-0.1, -0.05) is 0 Å². The summed E-state index contributed by atoms with van der Waals surface area (Å²) in [6, 6.07) is 0. The monoisotopic (exact) mass is 338 g/mol. The first-order valence-electron chi connectivity index (χ1n) is 6.29. The lowest BCUT2D eigenvalue weighted by Crippen LogP contribution is -2.48. The molecule has 0 atom stereocenters. The van der Waals surface area contributed by atoms with E-state index in [0.717, 1.165) is 39.3 Å². The zero-order chi connectivity index (χ0) is 13.4. The minimum Gasteiger partial charge on any atom is -0.465 e. The van der Waals surface area contributed by atoms with Crippen LogP contribution in [0.15, 0.2) is 0 Å².